The van der Waals surface area contributed by atoms with Gasteiger partial charge in [-0.1, -0.05) is 30.0 Å². The number of nitrogens with zero attached hydrogens (tertiary/aromatic N) is 6. The van der Waals surface area contributed by atoms with Crippen LogP contribution in [0, 0.1) is 13.8 Å². The van der Waals surface area contributed by atoms with Crippen LogP contribution in [-0.4, -0.2) is 60.3 Å². The van der Waals surface area contributed by atoms with E-state index >= 15 is 0 Å². The number of carbonyl (C=O) groups excluding carboxylic acids is 2. The summed E-state index contributed by atoms with van der Waals surface area (Å²) < 4.78 is 37.2. The van der Waals surface area contributed by atoms with Crippen molar-refractivity contribution in [1.82, 2.24) is 35.3 Å². The molecular formula is C29H35F3IrN9O4-. The van der Waals surface area contributed by atoms with E-state index in [0.717, 1.165) is 34.2 Å². The minimum absolute atomic E-state index is 0. The maximum Gasteiger partial charge on any atom is 0.449 e. The van der Waals surface area contributed by atoms with Gasteiger partial charge in [0, 0.05) is 62.7 Å². The number of rotatable bonds is 4. The maximum atomic E-state index is 11.0. The molecule has 0 aliphatic rings. The Morgan fingerprint density at radius 2 is 1.39 bits per heavy atom. The van der Waals surface area contributed by atoms with Gasteiger partial charge in [0.2, 0.25) is 5.78 Å². The molecule has 46 heavy (non-hydrogen) atoms. The summed E-state index contributed by atoms with van der Waals surface area (Å²) in [7, 11) is 0. The first-order chi connectivity index (χ1) is 21.0. The molecule has 0 atom stereocenters. The molecule has 1 radical (unpaired) electrons. The number of aromatic nitrogens is 7. The zero-order chi connectivity index (χ0) is 33.0. The van der Waals surface area contributed by atoms with E-state index in [4.69, 9.17) is 4.74 Å². The number of aromatic amines is 1. The number of aryl methyl sites for hydroxylation is 2. The summed E-state index contributed by atoms with van der Waals surface area (Å²) in [6.07, 6.45) is 0.435. The third kappa shape index (κ3) is 17.0. The van der Waals surface area contributed by atoms with E-state index < -0.39 is 12.0 Å². The number of nitrogens with two attached hydrogens (primary N) is 2. The van der Waals surface area contributed by atoms with E-state index in [-0.39, 0.29) is 31.6 Å². The van der Waals surface area contributed by atoms with Crippen molar-refractivity contribution in [3.05, 3.63) is 102 Å². The fourth-order valence-corrected chi connectivity index (χ4v) is 2.78. The second-order valence-corrected chi connectivity index (χ2v) is 8.23. The normalized spacial score (nSPS) is 9.33. The molecule has 13 nitrogen and oxygen atoms in total. The molecule has 0 unspecified atom stereocenters. The van der Waals surface area contributed by atoms with Crippen LogP contribution in [0.25, 0.3) is 22.8 Å². The number of H-pyrrole nitrogens is 1. The minimum atomic E-state index is -4.64. The third-order valence-electron chi connectivity index (χ3n) is 4.77. The molecule has 5 aromatic rings. The number of alkyl halides is 3. The number of nitrogens with one attached hydrogen (secondary N) is 1. The predicted octanol–water partition coefficient (Wildman–Crippen LogP) is 3.58. The van der Waals surface area contributed by atoms with Crippen molar-refractivity contribution < 1.29 is 53.1 Å². The van der Waals surface area contributed by atoms with Gasteiger partial charge in [0.05, 0.1) is 12.3 Å². The van der Waals surface area contributed by atoms with Crippen LogP contribution in [0.2, 0.25) is 0 Å². The Morgan fingerprint density at radius 1 is 0.870 bits per heavy atom. The molecule has 7 N–H and O–H groups in total. The van der Waals surface area contributed by atoms with Crippen LogP contribution in [0.5, 0.6) is 0 Å². The standard InChI is InChI=1S/C9H9N3.C9H8N3.C8H9NO2.C3H3F3O.Ir.H4N2.H2O/c2*1-7-6-9(12-11-7)8-4-2-3-5-10-8;1-2-11-8(10)7-5-3-4-6-9-7;1-2(7)3(4,5)6;;1-2;/h2-6H,1H3,(H,11,12);2-6H,1H3;3-6H,2H2,1H3;1H3;;1-2H2;1H2/q;-1;;;;;. The van der Waals surface area contributed by atoms with Gasteiger partial charge in [0.1, 0.15) is 11.4 Å². The Morgan fingerprint density at radius 3 is 1.76 bits per heavy atom. The zero-order valence-electron chi connectivity index (χ0n) is 25.3. The van der Waals surface area contributed by atoms with Crippen LogP contribution < -0.4 is 16.8 Å². The molecule has 5 rings (SSSR count). The van der Waals surface area contributed by atoms with Gasteiger partial charge in [0.25, 0.3) is 0 Å². The van der Waals surface area contributed by atoms with E-state index in [0.29, 0.717) is 19.2 Å². The monoisotopic (exact) mass is 823 g/mol. The number of carbonyl (C=O) groups is 2. The van der Waals surface area contributed by atoms with Crippen molar-refractivity contribution in [1.29, 1.82) is 0 Å². The van der Waals surface area contributed by atoms with Gasteiger partial charge in [-0.25, -0.2) is 9.78 Å². The molecule has 5 heterocycles. The summed E-state index contributed by atoms with van der Waals surface area (Å²) >= 11 is 0. The Balaban J connectivity index is 0. The number of esters is 1. The van der Waals surface area contributed by atoms with E-state index in [1.165, 1.54) is 0 Å². The molecule has 17 heteroatoms. The first-order valence-corrected chi connectivity index (χ1v) is 12.8. The van der Waals surface area contributed by atoms with Gasteiger partial charge in [-0.3, -0.25) is 31.5 Å². The molecule has 0 spiro atoms. The van der Waals surface area contributed by atoms with Crippen LogP contribution in [0.15, 0.2) is 85.3 Å². The van der Waals surface area contributed by atoms with E-state index in [1.54, 1.807) is 43.7 Å². The van der Waals surface area contributed by atoms with Gasteiger partial charge in [-0.15, -0.1) is 0 Å². The molecule has 5 aromatic heterocycles. The maximum absolute atomic E-state index is 11.0. The number of hydrogen-bond donors (Lipinski definition) is 3. The molecule has 0 fully saturated rings. The van der Waals surface area contributed by atoms with Gasteiger partial charge in [-0.05, 0) is 63.2 Å². The quantitative estimate of drug-likeness (QED) is 0.135. The second kappa shape index (κ2) is 23.7. The van der Waals surface area contributed by atoms with Crippen LogP contribution in [-0.2, 0) is 29.6 Å². The van der Waals surface area contributed by atoms with Crippen molar-refractivity contribution in [2.24, 2.45) is 11.7 Å². The smallest absolute Gasteiger partial charge is 0.449 e. The second-order valence-electron chi connectivity index (χ2n) is 8.23. The Kier molecular flexibility index (Phi) is 22.4. The average Bonchev–Trinajstić information content (AvgIpc) is 3.68. The van der Waals surface area contributed by atoms with E-state index in [1.807, 2.05) is 62.4 Å². The molecule has 0 saturated heterocycles. The Hall–Kier alpha value is -4.67. The molecule has 0 aliphatic heterocycles. The van der Waals surface area contributed by atoms with Crippen molar-refractivity contribution in [3.8, 4) is 22.8 Å². The largest absolute Gasteiger partial charge is 0.574 e. The first kappa shape index (κ1) is 43.5. The molecule has 0 bridgehead atoms. The van der Waals surface area contributed by atoms with Gasteiger partial charge < -0.3 is 20.4 Å². The summed E-state index contributed by atoms with van der Waals surface area (Å²) in [6, 6.07) is 20.5. The third-order valence-corrected chi connectivity index (χ3v) is 4.77. The van der Waals surface area contributed by atoms with Crippen molar-refractivity contribution in [2.45, 2.75) is 33.9 Å². The van der Waals surface area contributed by atoms with Crippen molar-refractivity contribution >= 4 is 11.8 Å². The molecule has 0 aliphatic carbocycles. The first-order valence-electron chi connectivity index (χ1n) is 12.8. The average molecular weight is 823 g/mol. The number of hydrogen-bond acceptors (Lipinski definition) is 10. The summed E-state index contributed by atoms with van der Waals surface area (Å²) in [5, 5.41) is 14.9. The van der Waals surface area contributed by atoms with Crippen molar-refractivity contribution in [3.63, 3.8) is 0 Å². The summed E-state index contributed by atoms with van der Waals surface area (Å²) in [6.45, 7) is 6.52. The summed E-state index contributed by atoms with van der Waals surface area (Å²) in [5.74, 6) is 5.88. The predicted molar refractivity (Wildman–Crippen MR) is 161 cm³/mol. The molecule has 251 valence electrons. The fraction of sp³-hybridized carbons (Fsp3) is 0.207. The van der Waals surface area contributed by atoms with Gasteiger partial charge >= 0.3 is 12.1 Å². The number of ketones is 1. The fourth-order valence-electron chi connectivity index (χ4n) is 2.78. The molecule has 0 aromatic carbocycles. The molecule has 0 saturated carbocycles. The van der Waals surface area contributed by atoms with E-state index in [9.17, 15) is 22.8 Å². The number of ether oxygens (including phenoxy) is 1. The number of Topliss-reactive ketones (excluding diaryl/α,β-unsaturated/α-hetero) is 1. The molecular weight excluding hydrogens is 788 g/mol. The van der Waals surface area contributed by atoms with Gasteiger partial charge in [-0.2, -0.15) is 18.3 Å². The number of halogens is 3. The van der Waals surface area contributed by atoms with Crippen LogP contribution in [0.1, 0.15) is 35.7 Å². The Bertz CT molecular complexity index is 1430. The van der Waals surface area contributed by atoms with E-state index in [2.05, 4.69) is 47.0 Å². The molecule has 0 amide bonds. The zero-order valence-corrected chi connectivity index (χ0v) is 27.7. The van der Waals surface area contributed by atoms with Crippen LogP contribution in [0.3, 0.4) is 0 Å². The van der Waals surface area contributed by atoms with Crippen LogP contribution >= 0.6 is 0 Å². The summed E-state index contributed by atoms with van der Waals surface area (Å²) in [4.78, 5) is 32.5. The Labute approximate surface area is 277 Å². The van der Waals surface area contributed by atoms with Crippen LogP contribution in [0.4, 0.5) is 13.2 Å². The minimum Gasteiger partial charge on any atom is -0.574 e. The number of hydrazine groups is 1. The number of pyridine rings is 3. The summed E-state index contributed by atoms with van der Waals surface area (Å²) in [5.41, 5.74) is 5.85. The topological polar surface area (TPSA) is 221 Å². The SMILES string of the molecule is CC(=O)C(F)(F)F.CCOC(=O)c1ccccn1.Cc1cc(-c2ccccn2)[n-]n1.Cc1cc(-c2ccccn2)n[nH]1.NN.O.[Ir]. The van der Waals surface area contributed by atoms with Crippen molar-refractivity contribution in [2.75, 3.05) is 6.61 Å². The van der Waals surface area contributed by atoms with Gasteiger partial charge in [0.15, 0.2) is 0 Å².